The second-order valence-corrected chi connectivity index (χ2v) is 10.5. The standard InChI is InChI=1S/C25H33N3O4S/c1-18-13-19(2)25(20(3)14-18)33(30,31)28(22-10-6-5-7-11-22)17-24(29)27-26-16-21-9-8-12-23(15-21)32-4/h8-9,12-16,22H,5-7,10-11,17H2,1-4H3,(H,27,29)/b26-16+. The largest absolute Gasteiger partial charge is 0.497 e. The van der Waals surface area contributed by atoms with E-state index in [0.717, 1.165) is 43.2 Å². The maximum Gasteiger partial charge on any atom is 0.255 e. The van der Waals surface area contributed by atoms with Gasteiger partial charge in [-0.3, -0.25) is 4.79 Å². The van der Waals surface area contributed by atoms with Crippen molar-refractivity contribution in [2.45, 2.75) is 63.8 Å². The van der Waals surface area contributed by atoms with Gasteiger partial charge in [-0.1, -0.05) is 49.1 Å². The Morgan fingerprint density at radius 2 is 1.79 bits per heavy atom. The first-order valence-electron chi connectivity index (χ1n) is 11.3. The van der Waals surface area contributed by atoms with Crippen molar-refractivity contribution in [3.05, 3.63) is 58.7 Å². The number of benzene rings is 2. The van der Waals surface area contributed by atoms with E-state index in [0.29, 0.717) is 21.8 Å². The molecule has 2 aromatic rings. The summed E-state index contributed by atoms with van der Waals surface area (Å²) in [5.41, 5.74) is 5.65. The molecule has 1 fully saturated rings. The van der Waals surface area contributed by atoms with Gasteiger partial charge in [-0.25, -0.2) is 13.8 Å². The average Bonchev–Trinajstić information content (AvgIpc) is 2.77. The van der Waals surface area contributed by atoms with Crippen LogP contribution in [-0.4, -0.2) is 44.5 Å². The Morgan fingerprint density at radius 3 is 2.42 bits per heavy atom. The Bertz CT molecular complexity index is 1100. The smallest absolute Gasteiger partial charge is 0.255 e. The molecule has 0 heterocycles. The number of hydrogen-bond donors (Lipinski definition) is 1. The van der Waals surface area contributed by atoms with Crippen LogP contribution in [0.5, 0.6) is 5.75 Å². The molecule has 2 aromatic carbocycles. The Hall–Kier alpha value is -2.71. The van der Waals surface area contributed by atoms with Crippen molar-refractivity contribution in [2.75, 3.05) is 13.7 Å². The second-order valence-electron chi connectivity index (χ2n) is 8.64. The number of nitrogens with one attached hydrogen (secondary N) is 1. The Labute approximate surface area is 196 Å². The molecule has 1 aliphatic carbocycles. The van der Waals surface area contributed by atoms with Crippen molar-refractivity contribution in [1.82, 2.24) is 9.73 Å². The molecule has 0 aromatic heterocycles. The maximum absolute atomic E-state index is 13.8. The van der Waals surface area contributed by atoms with Gasteiger partial charge >= 0.3 is 0 Å². The van der Waals surface area contributed by atoms with Crippen LogP contribution in [0.25, 0.3) is 0 Å². The molecule has 0 bridgehead atoms. The van der Waals surface area contributed by atoms with E-state index >= 15 is 0 Å². The quantitative estimate of drug-likeness (QED) is 0.464. The summed E-state index contributed by atoms with van der Waals surface area (Å²) in [4.78, 5) is 13.1. The van der Waals surface area contributed by atoms with Gasteiger partial charge in [0.2, 0.25) is 10.0 Å². The highest BCUT2D eigenvalue weighted by Gasteiger charge is 2.35. The van der Waals surface area contributed by atoms with Crippen LogP contribution in [0.3, 0.4) is 0 Å². The van der Waals surface area contributed by atoms with E-state index in [1.54, 1.807) is 13.2 Å². The van der Waals surface area contributed by atoms with E-state index in [1.165, 1.54) is 10.5 Å². The van der Waals surface area contributed by atoms with Crippen LogP contribution in [-0.2, 0) is 14.8 Å². The summed E-state index contributed by atoms with van der Waals surface area (Å²) in [6.45, 7) is 5.30. The normalized spacial score (nSPS) is 15.2. The van der Waals surface area contributed by atoms with Gasteiger partial charge in [0.25, 0.3) is 5.91 Å². The summed E-state index contributed by atoms with van der Waals surface area (Å²) in [6.07, 6.45) is 6.02. The third-order valence-corrected chi connectivity index (χ3v) is 8.15. The van der Waals surface area contributed by atoms with Crippen molar-refractivity contribution < 1.29 is 17.9 Å². The van der Waals surface area contributed by atoms with Crippen LogP contribution in [0.1, 0.15) is 54.4 Å². The van der Waals surface area contributed by atoms with Crippen LogP contribution < -0.4 is 10.2 Å². The summed E-state index contributed by atoms with van der Waals surface area (Å²) >= 11 is 0. The predicted molar refractivity (Wildman–Crippen MR) is 130 cm³/mol. The maximum atomic E-state index is 13.8. The molecule has 1 N–H and O–H groups in total. The van der Waals surface area contributed by atoms with Crippen molar-refractivity contribution in [3.8, 4) is 5.75 Å². The molecule has 0 unspecified atom stereocenters. The van der Waals surface area contributed by atoms with Gasteiger partial charge in [-0.05, 0) is 62.4 Å². The summed E-state index contributed by atoms with van der Waals surface area (Å²) in [5.74, 6) is 0.217. The van der Waals surface area contributed by atoms with Gasteiger partial charge in [0.05, 0.1) is 24.8 Å². The topological polar surface area (TPSA) is 88.1 Å². The van der Waals surface area contributed by atoms with Crippen LogP contribution in [0, 0.1) is 20.8 Å². The zero-order valence-corrected chi connectivity index (χ0v) is 20.6. The number of nitrogens with zero attached hydrogens (tertiary/aromatic N) is 2. The van der Waals surface area contributed by atoms with Crippen molar-refractivity contribution in [1.29, 1.82) is 0 Å². The molecule has 0 radical (unpaired) electrons. The molecular weight excluding hydrogens is 438 g/mol. The molecule has 1 aliphatic rings. The van der Waals surface area contributed by atoms with E-state index < -0.39 is 15.9 Å². The van der Waals surface area contributed by atoms with Gasteiger partial charge in [0.1, 0.15) is 5.75 Å². The minimum absolute atomic E-state index is 0.197. The van der Waals surface area contributed by atoms with E-state index in [2.05, 4.69) is 10.5 Å². The van der Waals surface area contributed by atoms with E-state index in [-0.39, 0.29) is 12.6 Å². The molecule has 178 valence electrons. The Morgan fingerprint density at radius 1 is 1.12 bits per heavy atom. The van der Waals surface area contributed by atoms with Crippen molar-refractivity contribution >= 4 is 22.1 Å². The summed E-state index contributed by atoms with van der Waals surface area (Å²) < 4.78 is 34.1. The molecule has 0 atom stereocenters. The first-order chi connectivity index (χ1) is 15.7. The minimum atomic E-state index is -3.86. The molecular formula is C25H33N3O4S. The summed E-state index contributed by atoms with van der Waals surface area (Å²) in [5, 5.41) is 4.02. The number of hydrogen-bond acceptors (Lipinski definition) is 5. The number of ether oxygens (including phenoxy) is 1. The predicted octanol–water partition coefficient (Wildman–Crippen LogP) is 4.09. The first kappa shape index (κ1) is 24.9. The van der Waals surface area contributed by atoms with Gasteiger partial charge in [0, 0.05) is 6.04 Å². The lowest BCUT2D eigenvalue weighted by Crippen LogP contribution is -2.46. The van der Waals surface area contributed by atoms with Crippen molar-refractivity contribution in [3.63, 3.8) is 0 Å². The van der Waals surface area contributed by atoms with E-state index in [9.17, 15) is 13.2 Å². The fourth-order valence-electron chi connectivity index (χ4n) is 4.55. The molecule has 0 saturated heterocycles. The number of sulfonamides is 1. The van der Waals surface area contributed by atoms with Gasteiger partial charge in [0.15, 0.2) is 0 Å². The minimum Gasteiger partial charge on any atom is -0.497 e. The van der Waals surface area contributed by atoms with Crippen LogP contribution in [0.15, 0.2) is 46.4 Å². The number of hydrazone groups is 1. The monoisotopic (exact) mass is 471 g/mol. The lowest BCUT2D eigenvalue weighted by Gasteiger charge is -2.33. The fraction of sp³-hybridized carbons (Fsp3) is 0.440. The first-order valence-corrected chi connectivity index (χ1v) is 12.7. The van der Waals surface area contributed by atoms with Crippen LogP contribution in [0.2, 0.25) is 0 Å². The number of carbonyl (C=O) groups excluding carboxylic acids is 1. The summed E-state index contributed by atoms with van der Waals surface area (Å²) in [7, 11) is -2.28. The van der Waals surface area contributed by atoms with Crippen molar-refractivity contribution in [2.24, 2.45) is 5.10 Å². The zero-order valence-electron chi connectivity index (χ0n) is 19.8. The average molecular weight is 472 g/mol. The Kier molecular flexibility index (Phi) is 8.26. The molecule has 0 spiro atoms. The van der Waals surface area contributed by atoms with Gasteiger partial charge in [-0.15, -0.1) is 0 Å². The molecule has 0 aliphatic heterocycles. The van der Waals surface area contributed by atoms with E-state index in [1.807, 2.05) is 51.1 Å². The number of aryl methyl sites for hydroxylation is 3. The van der Waals surface area contributed by atoms with Gasteiger partial charge < -0.3 is 4.74 Å². The highest BCUT2D eigenvalue weighted by molar-refractivity contribution is 7.89. The zero-order chi connectivity index (χ0) is 24.0. The third kappa shape index (κ3) is 6.21. The number of amides is 1. The van der Waals surface area contributed by atoms with Crippen LogP contribution in [0.4, 0.5) is 0 Å². The molecule has 33 heavy (non-hydrogen) atoms. The second kappa shape index (κ2) is 10.9. The highest BCUT2D eigenvalue weighted by atomic mass is 32.2. The fourth-order valence-corrected chi connectivity index (χ4v) is 6.60. The van der Waals surface area contributed by atoms with Crippen LogP contribution >= 0.6 is 0 Å². The summed E-state index contributed by atoms with van der Waals surface area (Å²) in [6, 6.07) is 10.8. The molecule has 7 nitrogen and oxygen atoms in total. The lowest BCUT2D eigenvalue weighted by atomic mass is 9.95. The number of carbonyl (C=O) groups is 1. The lowest BCUT2D eigenvalue weighted by molar-refractivity contribution is -0.121. The highest BCUT2D eigenvalue weighted by Crippen LogP contribution is 2.31. The molecule has 1 saturated carbocycles. The third-order valence-electron chi connectivity index (χ3n) is 5.95. The SMILES string of the molecule is COc1cccc(/C=N/NC(=O)CN(C2CCCCC2)S(=O)(=O)c2c(C)cc(C)cc2C)c1. The number of methoxy groups -OCH3 is 1. The Balaban J connectivity index is 1.82. The number of rotatable bonds is 8. The molecule has 8 heteroatoms. The van der Waals surface area contributed by atoms with Gasteiger partial charge in [-0.2, -0.15) is 9.41 Å². The van der Waals surface area contributed by atoms with E-state index in [4.69, 9.17) is 4.74 Å². The molecule has 3 rings (SSSR count). The molecule has 1 amide bonds.